The highest BCUT2D eigenvalue weighted by Gasteiger charge is 2.06. The molecule has 0 aliphatic rings. The molecule has 106 valence electrons. The largest absolute Gasteiger partial charge is 0.311 e. The number of H-pyrrole nitrogens is 1. The number of aromatic nitrogens is 2. The number of rotatable bonds is 7. The van der Waals surface area contributed by atoms with Crippen molar-refractivity contribution in [1.29, 1.82) is 0 Å². The van der Waals surface area contributed by atoms with Crippen LogP contribution in [0.2, 0.25) is 0 Å². The van der Waals surface area contributed by atoms with Gasteiger partial charge in [-0.1, -0.05) is 13.3 Å². The van der Waals surface area contributed by atoms with E-state index in [1.165, 1.54) is 6.07 Å². The smallest absolute Gasteiger partial charge is 0.252 e. The molecule has 0 aromatic carbocycles. The van der Waals surface area contributed by atoms with Gasteiger partial charge in [-0.3, -0.25) is 9.59 Å². The minimum atomic E-state index is -0.261. The molecule has 0 unspecified atom stereocenters. The quantitative estimate of drug-likeness (QED) is 0.775. The first-order chi connectivity index (χ1) is 9.01. The third kappa shape index (κ3) is 6.15. The van der Waals surface area contributed by atoms with Gasteiger partial charge in [0.05, 0.1) is 0 Å². The molecule has 0 saturated heterocycles. The lowest BCUT2D eigenvalue weighted by atomic mass is 10.3. The number of carbonyl (C=O) groups is 1. The number of anilines is 1. The zero-order valence-electron chi connectivity index (χ0n) is 11.8. The van der Waals surface area contributed by atoms with Gasteiger partial charge in [-0.2, -0.15) is 0 Å². The minimum absolute atomic E-state index is 0.124. The molecule has 0 aliphatic heterocycles. The van der Waals surface area contributed by atoms with Crippen LogP contribution in [0.3, 0.4) is 0 Å². The van der Waals surface area contributed by atoms with Gasteiger partial charge in [-0.15, -0.1) is 0 Å². The molecule has 0 radical (unpaired) electrons. The first kappa shape index (κ1) is 15.4. The SMILES string of the molecule is CCCCN(C)CCC(=O)Nc1cc(=O)[nH]c(C)n1. The Morgan fingerprint density at radius 1 is 1.47 bits per heavy atom. The van der Waals surface area contributed by atoms with E-state index in [4.69, 9.17) is 0 Å². The first-order valence-corrected chi connectivity index (χ1v) is 6.57. The zero-order valence-corrected chi connectivity index (χ0v) is 11.8. The summed E-state index contributed by atoms with van der Waals surface area (Å²) in [4.78, 5) is 31.7. The molecule has 1 heterocycles. The van der Waals surface area contributed by atoms with E-state index in [1.54, 1.807) is 6.92 Å². The summed E-state index contributed by atoms with van der Waals surface area (Å²) >= 11 is 0. The van der Waals surface area contributed by atoms with Gasteiger partial charge in [0.2, 0.25) is 5.91 Å². The number of hydrogen-bond acceptors (Lipinski definition) is 4. The molecule has 0 bridgehead atoms. The van der Waals surface area contributed by atoms with Crippen molar-refractivity contribution in [2.75, 3.05) is 25.5 Å². The maximum absolute atomic E-state index is 11.7. The first-order valence-electron chi connectivity index (χ1n) is 6.57. The van der Waals surface area contributed by atoms with Gasteiger partial charge in [-0.05, 0) is 26.9 Å². The van der Waals surface area contributed by atoms with Crippen LogP contribution in [0.5, 0.6) is 0 Å². The number of nitrogens with one attached hydrogen (secondary N) is 2. The topological polar surface area (TPSA) is 78.1 Å². The Hall–Kier alpha value is -1.69. The molecule has 0 aliphatic carbocycles. The van der Waals surface area contributed by atoms with Crippen molar-refractivity contribution in [3.63, 3.8) is 0 Å². The number of unbranched alkanes of at least 4 members (excludes halogenated alkanes) is 1. The highest BCUT2D eigenvalue weighted by atomic mass is 16.1. The van der Waals surface area contributed by atoms with Gasteiger partial charge < -0.3 is 15.2 Å². The minimum Gasteiger partial charge on any atom is -0.311 e. The van der Waals surface area contributed by atoms with Crippen molar-refractivity contribution >= 4 is 11.7 Å². The molecule has 1 amide bonds. The average molecular weight is 266 g/mol. The normalized spacial score (nSPS) is 10.7. The molecule has 1 aromatic rings. The second-order valence-corrected chi connectivity index (χ2v) is 4.67. The van der Waals surface area contributed by atoms with Crippen molar-refractivity contribution in [3.8, 4) is 0 Å². The van der Waals surface area contributed by atoms with E-state index in [2.05, 4.69) is 27.1 Å². The van der Waals surface area contributed by atoms with E-state index in [0.29, 0.717) is 24.6 Å². The van der Waals surface area contributed by atoms with Gasteiger partial charge in [-0.25, -0.2) is 4.98 Å². The van der Waals surface area contributed by atoms with Gasteiger partial charge in [0.15, 0.2) is 0 Å². The summed E-state index contributed by atoms with van der Waals surface area (Å²) in [6.07, 6.45) is 2.67. The van der Waals surface area contributed by atoms with E-state index in [1.807, 2.05) is 7.05 Å². The van der Waals surface area contributed by atoms with Crippen LogP contribution in [-0.4, -0.2) is 40.9 Å². The Bertz CT molecular complexity index is 470. The van der Waals surface area contributed by atoms with Crippen LogP contribution in [0.15, 0.2) is 10.9 Å². The predicted molar refractivity (Wildman–Crippen MR) is 75.2 cm³/mol. The average Bonchev–Trinajstić information content (AvgIpc) is 2.32. The van der Waals surface area contributed by atoms with Crippen molar-refractivity contribution in [3.05, 3.63) is 22.2 Å². The third-order valence-electron chi connectivity index (χ3n) is 2.74. The number of amides is 1. The summed E-state index contributed by atoms with van der Waals surface area (Å²) in [5.41, 5.74) is -0.261. The maximum Gasteiger partial charge on any atom is 0.252 e. The van der Waals surface area contributed by atoms with Crippen LogP contribution in [0, 0.1) is 6.92 Å². The molecule has 1 rings (SSSR count). The Labute approximate surface area is 113 Å². The van der Waals surface area contributed by atoms with Crippen molar-refractivity contribution in [1.82, 2.24) is 14.9 Å². The lowest BCUT2D eigenvalue weighted by Crippen LogP contribution is -2.25. The van der Waals surface area contributed by atoms with E-state index in [9.17, 15) is 9.59 Å². The second-order valence-electron chi connectivity index (χ2n) is 4.67. The summed E-state index contributed by atoms with van der Waals surface area (Å²) in [5.74, 6) is 0.672. The lowest BCUT2D eigenvalue weighted by Gasteiger charge is -2.15. The standard InChI is InChI=1S/C13H22N4O2/c1-4-5-7-17(3)8-6-12(18)16-11-9-13(19)15-10(2)14-11/h9H,4-8H2,1-3H3,(H2,14,15,16,18,19). The molecule has 6 nitrogen and oxygen atoms in total. The molecular formula is C13H22N4O2. The number of carbonyl (C=O) groups excluding carboxylic acids is 1. The van der Waals surface area contributed by atoms with E-state index in [-0.39, 0.29) is 11.5 Å². The molecular weight excluding hydrogens is 244 g/mol. The molecule has 19 heavy (non-hydrogen) atoms. The van der Waals surface area contributed by atoms with Gasteiger partial charge in [0.25, 0.3) is 5.56 Å². The summed E-state index contributed by atoms with van der Waals surface area (Å²) in [7, 11) is 2.00. The predicted octanol–water partition coefficient (Wildman–Crippen LogP) is 1.14. The van der Waals surface area contributed by atoms with Crippen molar-refractivity contribution in [2.24, 2.45) is 0 Å². The summed E-state index contributed by atoms with van der Waals surface area (Å²) in [6.45, 7) is 5.51. The van der Waals surface area contributed by atoms with Gasteiger partial charge in [0.1, 0.15) is 11.6 Å². The monoisotopic (exact) mass is 266 g/mol. The lowest BCUT2D eigenvalue weighted by molar-refractivity contribution is -0.116. The summed E-state index contributed by atoms with van der Waals surface area (Å²) in [5, 5.41) is 2.64. The highest BCUT2D eigenvalue weighted by molar-refractivity contribution is 5.89. The molecule has 6 heteroatoms. The number of aryl methyl sites for hydroxylation is 1. The fraction of sp³-hybridized carbons (Fsp3) is 0.615. The van der Waals surface area contributed by atoms with Crippen LogP contribution < -0.4 is 10.9 Å². The number of aromatic amines is 1. The Morgan fingerprint density at radius 2 is 2.21 bits per heavy atom. The van der Waals surface area contributed by atoms with Gasteiger partial charge >= 0.3 is 0 Å². The van der Waals surface area contributed by atoms with Crippen LogP contribution in [0.4, 0.5) is 5.82 Å². The van der Waals surface area contributed by atoms with Crippen LogP contribution in [0.1, 0.15) is 32.0 Å². The highest BCUT2D eigenvalue weighted by Crippen LogP contribution is 2.00. The third-order valence-corrected chi connectivity index (χ3v) is 2.74. The Morgan fingerprint density at radius 3 is 2.84 bits per heavy atom. The van der Waals surface area contributed by atoms with E-state index in [0.717, 1.165) is 19.4 Å². The van der Waals surface area contributed by atoms with E-state index >= 15 is 0 Å². The molecule has 0 fully saturated rings. The fourth-order valence-corrected chi connectivity index (χ4v) is 1.68. The molecule has 0 atom stereocenters. The van der Waals surface area contributed by atoms with Crippen LogP contribution in [0.25, 0.3) is 0 Å². The molecule has 0 spiro atoms. The Kier molecular flexibility index (Phi) is 6.21. The zero-order chi connectivity index (χ0) is 14.3. The Balaban J connectivity index is 2.40. The summed E-state index contributed by atoms with van der Waals surface area (Å²) in [6, 6.07) is 1.28. The van der Waals surface area contributed by atoms with E-state index < -0.39 is 0 Å². The number of nitrogens with zero attached hydrogens (tertiary/aromatic N) is 2. The van der Waals surface area contributed by atoms with Crippen LogP contribution >= 0.6 is 0 Å². The molecule has 1 aromatic heterocycles. The second kappa shape index (κ2) is 7.68. The van der Waals surface area contributed by atoms with Crippen LogP contribution in [-0.2, 0) is 4.79 Å². The van der Waals surface area contributed by atoms with Crippen molar-refractivity contribution < 1.29 is 4.79 Å². The molecule has 2 N–H and O–H groups in total. The molecule has 0 saturated carbocycles. The fourth-order valence-electron chi connectivity index (χ4n) is 1.68. The number of hydrogen-bond donors (Lipinski definition) is 2. The van der Waals surface area contributed by atoms with Gasteiger partial charge in [0, 0.05) is 19.0 Å². The summed E-state index contributed by atoms with van der Waals surface area (Å²) < 4.78 is 0. The van der Waals surface area contributed by atoms with Crippen molar-refractivity contribution in [2.45, 2.75) is 33.1 Å². The maximum atomic E-state index is 11.7.